The van der Waals surface area contributed by atoms with Crippen LogP contribution in [0.25, 0.3) is 0 Å². The van der Waals surface area contributed by atoms with Gasteiger partial charge in [-0.3, -0.25) is 9.69 Å². The third kappa shape index (κ3) is 5.44. The summed E-state index contributed by atoms with van der Waals surface area (Å²) in [6.07, 6.45) is 0. The molecule has 2 rings (SSSR count). The molecule has 0 aromatic heterocycles. The average molecular weight is 338 g/mol. The van der Waals surface area contributed by atoms with E-state index in [-0.39, 0.29) is 11.7 Å². The van der Waals surface area contributed by atoms with E-state index in [2.05, 4.69) is 15.1 Å². The van der Waals surface area contributed by atoms with Crippen LogP contribution >= 0.6 is 12.2 Å². The Labute approximate surface area is 142 Å². The molecular formula is C16H23FN4OS. The molecule has 1 aliphatic rings. The molecule has 1 amide bonds. The first-order valence-corrected chi connectivity index (χ1v) is 8.06. The summed E-state index contributed by atoms with van der Waals surface area (Å²) < 4.78 is 12.9. The topological polar surface area (TPSA) is 38.8 Å². The van der Waals surface area contributed by atoms with Crippen LogP contribution in [0.1, 0.15) is 5.56 Å². The molecule has 1 N–H and O–H groups in total. The number of nitrogens with zero attached hydrogens (tertiary/aromatic N) is 3. The maximum atomic E-state index is 12.9. The van der Waals surface area contributed by atoms with Crippen molar-refractivity contribution in [2.24, 2.45) is 0 Å². The van der Waals surface area contributed by atoms with Gasteiger partial charge in [-0.1, -0.05) is 12.1 Å². The van der Waals surface area contributed by atoms with Gasteiger partial charge in [0, 0.05) is 46.8 Å². The van der Waals surface area contributed by atoms with Gasteiger partial charge in [-0.25, -0.2) is 4.39 Å². The minimum absolute atomic E-state index is 0.121. The van der Waals surface area contributed by atoms with Crippen molar-refractivity contribution < 1.29 is 9.18 Å². The standard InChI is InChI=1S/C16H23FN4OS/c1-19(2)15(22)12-20-7-9-21(10-8-20)16(23)18-11-13-3-5-14(17)6-4-13/h3-6H,7-12H2,1-2H3,(H,18,23). The second kappa shape index (κ2) is 8.21. The Morgan fingerprint density at radius 3 is 2.39 bits per heavy atom. The summed E-state index contributed by atoms with van der Waals surface area (Å²) in [6.45, 7) is 4.27. The van der Waals surface area contributed by atoms with Crippen molar-refractivity contribution in [3.8, 4) is 0 Å². The Balaban J connectivity index is 1.73. The molecule has 0 radical (unpaired) electrons. The number of likely N-dealkylation sites (N-methyl/N-ethyl adjacent to an activating group) is 1. The second-order valence-corrected chi connectivity index (χ2v) is 6.22. The molecule has 0 aliphatic carbocycles. The van der Waals surface area contributed by atoms with E-state index in [4.69, 9.17) is 12.2 Å². The lowest BCUT2D eigenvalue weighted by molar-refractivity contribution is -0.130. The Kier molecular flexibility index (Phi) is 6.29. The van der Waals surface area contributed by atoms with Gasteiger partial charge >= 0.3 is 0 Å². The Bertz CT molecular complexity index is 542. The fourth-order valence-electron chi connectivity index (χ4n) is 2.33. The van der Waals surface area contributed by atoms with Crippen molar-refractivity contribution >= 4 is 23.2 Å². The van der Waals surface area contributed by atoms with Crippen LogP contribution in [0.4, 0.5) is 4.39 Å². The lowest BCUT2D eigenvalue weighted by Crippen LogP contribution is -2.53. The minimum Gasteiger partial charge on any atom is -0.358 e. The number of thiocarbonyl (C=S) groups is 1. The maximum Gasteiger partial charge on any atom is 0.236 e. The molecule has 0 saturated carbocycles. The molecule has 7 heteroatoms. The molecule has 1 aromatic carbocycles. The van der Waals surface area contributed by atoms with Gasteiger partial charge in [-0.05, 0) is 29.9 Å². The van der Waals surface area contributed by atoms with Crippen molar-refractivity contribution in [2.45, 2.75) is 6.54 Å². The molecule has 1 saturated heterocycles. The zero-order chi connectivity index (χ0) is 16.8. The van der Waals surface area contributed by atoms with Crippen molar-refractivity contribution in [3.05, 3.63) is 35.6 Å². The molecule has 0 unspecified atom stereocenters. The molecule has 5 nitrogen and oxygen atoms in total. The molecule has 1 fully saturated rings. The first-order chi connectivity index (χ1) is 11.0. The van der Waals surface area contributed by atoms with Gasteiger partial charge in [0.2, 0.25) is 5.91 Å². The molecule has 1 heterocycles. The average Bonchev–Trinajstić information content (AvgIpc) is 2.54. The summed E-state index contributed by atoms with van der Waals surface area (Å²) >= 11 is 5.41. The van der Waals surface area contributed by atoms with E-state index in [1.165, 1.54) is 12.1 Å². The number of benzene rings is 1. The van der Waals surface area contributed by atoms with Crippen molar-refractivity contribution in [1.82, 2.24) is 20.0 Å². The summed E-state index contributed by atoms with van der Waals surface area (Å²) in [5.41, 5.74) is 0.990. The van der Waals surface area contributed by atoms with Crippen LogP contribution in [-0.2, 0) is 11.3 Å². The normalized spacial score (nSPS) is 15.3. The number of nitrogens with one attached hydrogen (secondary N) is 1. The first-order valence-electron chi connectivity index (χ1n) is 7.65. The summed E-state index contributed by atoms with van der Waals surface area (Å²) in [7, 11) is 3.54. The zero-order valence-corrected chi connectivity index (χ0v) is 14.4. The van der Waals surface area contributed by atoms with Crippen molar-refractivity contribution in [1.29, 1.82) is 0 Å². The van der Waals surface area contributed by atoms with Crippen LogP contribution in [0.5, 0.6) is 0 Å². The quantitative estimate of drug-likeness (QED) is 0.826. The number of carbonyl (C=O) groups is 1. The monoisotopic (exact) mass is 338 g/mol. The van der Waals surface area contributed by atoms with E-state index >= 15 is 0 Å². The Morgan fingerprint density at radius 1 is 1.22 bits per heavy atom. The fourth-order valence-corrected chi connectivity index (χ4v) is 2.59. The number of hydrogen-bond donors (Lipinski definition) is 1. The Hall–Kier alpha value is -1.73. The summed E-state index contributed by atoms with van der Waals surface area (Å²) in [5, 5.41) is 3.90. The van der Waals surface area contributed by atoms with Gasteiger partial charge in [0.25, 0.3) is 0 Å². The summed E-state index contributed by atoms with van der Waals surface area (Å²) in [6, 6.07) is 6.38. The number of halogens is 1. The van der Waals surface area contributed by atoms with Gasteiger partial charge < -0.3 is 15.1 Å². The number of piperazine rings is 1. The fraction of sp³-hybridized carbons (Fsp3) is 0.500. The second-order valence-electron chi connectivity index (χ2n) is 5.84. The van der Waals surface area contributed by atoms with E-state index in [1.807, 2.05) is 0 Å². The third-order valence-corrected chi connectivity index (χ3v) is 4.28. The van der Waals surface area contributed by atoms with Crippen LogP contribution in [0.2, 0.25) is 0 Å². The molecule has 126 valence electrons. The van der Waals surface area contributed by atoms with Crippen LogP contribution in [0.15, 0.2) is 24.3 Å². The maximum absolute atomic E-state index is 12.9. The van der Waals surface area contributed by atoms with Crippen LogP contribution < -0.4 is 5.32 Å². The minimum atomic E-state index is -0.236. The van der Waals surface area contributed by atoms with E-state index in [9.17, 15) is 9.18 Å². The lowest BCUT2D eigenvalue weighted by Gasteiger charge is -2.36. The predicted molar refractivity (Wildman–Crippen MR) is 92.5 cm³/mol. The zero-order valence-electron chi connectivity index (χ0n) is 13.6. The number of rotatable bonds is 4. The van der Waals surface area contributed by atoms with Gasteiger partial charge in [0.05, 0.1) is 6.54 Å². The molecular weight excluding hydrogens is 315 g/mol. The summed E-state index contributed by atoms with van der Waals surface area (Å²) in [4.78, 5) is 17.6. The lowest BCUT2D eigenvalue weighted by atomic mass is 10.2. The number of amides is 1. The molecule has 0 bridgehead atoms. The van der Waals surface area contributed by atoms with Crippen LogP contribution in [-0.4, -0.2) is 72.5 Å². The van der Waals surface area contributed by atoms with E-state index in [0.717, 1.165) is 31.7 Å². The highest BCUT2D eigenvalue weighted by Crippen LogP contribution is 2.05. The predicted octanol–water partition coefficient (Wildman–Crippen LogP) is 0.906. The molecule has 0 atom stereocenters. The van der Waals surface area contributed by atoms with Gasteiger partial charge in [-0.15, -0.1) is 0 Å². The molecule has 1 aromatic rings. The molecule has 1 aliphatic heterocycles. The van der Waals surface area contributed by atoms with Crippen molar-refractivity contribution in [3.63, 3.8) is 0 Å². The van der Waals surface area contributed by atoms with E-state index in [0.29, 0.717) is 18.2 Å². The van der Waals surface area contributed by atoms with E-state index in [1.54, 1.807) is 31.1 Å². The van der Waals surface area contributed by atoms with Gasteiger partial charge in [0.1, 0.15) is 5.82 Å². The van der Waals surface area contributed by atoms with Gasteiger partial charge in [0.15, 0.2) is 5.11 Å². The first kappa shape index (κ1) is 17.6. The molecule has 23 heavy (non-hydrogen) atoms. The molecule has 0 spiro atoms. The number of hydrogen-bond acceptors (Lipinski definition) is 3. The van der Waals surface area contributed by atoms with Crippen LogP contribution in [0.3, 0.4) is 0 Å². The Morgan fingerprint density at radius 2 is 1.83 bits per heavy atom. The number of carbonyl (C=O) groups excluding carboxylic acids is 1. The third-order valence-electron chi connectivity index (χ3n) is 3.87. The van der Waals surface area contributed by atoms with Crippen molar-refractivity contribution in [2.75, 3.05) is 46.8 Å². The summed E-state index contributed by atoms with van der Waals surface area (Å²) in [5.74, 6) is -0.116. The highest BCUT2D eigenvalue weighted by atomic mass is 32.1. The van der Waals surface area contributed by atoms with Gasteiger partial charge in [-0.2, -0.15) is 0 Å². The largest absolute Gasteiger partial charge is 0.358 e. The van der Waals surface area contributed by atoms with Crippen LogP contribution in [0, 0.1) is 5.82 Å². The highest BCUT2D eigenvalue weighted by Gasteiger charge is 2.20. The smallest absolute Gasteiger partial charge is 0.236 e. The SMILES string of the molecule is CN(C)C(=O)CN1CCN(C(=S)NCc2ccc(F)cc2)CC1. The highest BCUT2D eigenvalue weighted by molar-refractivity contribution is 7.80. The van der Waals surface area contributed by atoms with E-state index < -0.39 is 0 Å².